The smallest absolute Gasteiger partial charge is 0.387 e. The van der Waals surface area contributed by atoms with Crippen molar-refractivity contribution < 1.29 is 31.8 Å². The summed E-state index contributed by atoms with van der Waals surface area (Å²) in [5.74, 6) is -3.71. The number of hydrogen-bond donors (Lipinski definition) is 1. The number of halogens is 5. The second kappa shape index (κ2) is 8.08. The molecule has 0 spiro atoms. The summed E-state index contributed by atoms with van der Waals surface area (Å²) < 4.78 is 62.9. The molecule has 1 atom stereocenters. The fraction of sp³-hybridized carbons (Fsp3) is 0.316. The third-order valence-corrected chi connectivity index (χ3v) is 4.80. The van der Waals surface area contributed by atoms with Crippen molar-refractivity contribution in [3.63, 3.8) is 0 Å². The molecule has 0 unspecified atom stereocenters. The maximum Gasteiger partial charge on any atom is 0.387 e. The summed E-state index contributed by atoms with van der Waals surface area (Å²) in [4.78, 5) is 12.5. The number of amides is 1. The van der Waals surface area contributed by atoms with Crippen LogP contribution >= 0.6 is 15.9 Å². The van der Waals surface area contributed by atoms with Crippen LogP contribution in [-0.2, 0) is 17.3 Å². The number of hydrogen-bond acceptors (Lipinski definition) is 3. The largest absolute Gasteiger partial charge is 0.434 e. The van der Waals surface area contributed by atoms with Crippen LogP contribution in [0.2, 0.25) is 0 Å². The minimum absolute atomic E-state index is 0.0132. The molecule has 2 aromatic carbocycles. The highest BCUT2D eigenvalue weighted by Crippen LogP contribution is 2.36. The van der Waals surface area contributed by atoms with Crippen molar-refractivity contribution >= 4 is 21.8 Å². The molecule has 4 nitrogen and oxygen atoms in total. The number of alkyl halides is 4. The van der Waals surface area contributed by atoms with Crippen LogP contribution in [0.15, 0.2) is 40.9 Å². The van der Waals surface area contributed by atoms with E-state index in [1.54, 1.807) is 19.1 Å². The molecule has 0 aliphatic carbocycles. The average molecular weight is 462 g/mol. The third kappa shape index (κ3) is 4.47. The molecule has 1 aliphatic rings. The second-order valence-corrected chi connectivity index (χ2v) is 7.24. The SMILES string of the molecule is C[C@H](NC(=O)c1ccc2c(c1)COCC2(F)F)c1ccc(Br)cc1OC(F)F. The van der Waals surface area contributed by atoms with Crippen LogP contribution in [0.1, 0.15) is 40.0 Å². The lowest BCUT2D eigenvalue weighted by atomic mass is 9.97. The highest BCUT2D eigenvalue weighted by Gasteiger charge is 2.37. The van der Waals surface area contributed by atoms with Gasteiger partial charge in [0.1, 0.15) is 12.4 Å². The van der Waals surface area contributed by atoms with Gasteiger partial charge < -0.3 is 14.8 Å². The molecule has 9 heteroatoms. The van der Waals surface area contributed by atoms with E-state index in [1.165, 1.54) is 24.3 Å². The van der Waals surface area contributed by atoms with E-state index in [1.807, 2.05) is 0 Å². The van der Waals surface area contributed by atoms with Crippen LogP contribution < -0.4 is 10.1 Å². The van der Waals surface area contributed by atoms with Crippen molar-refractivity contribution in [3.8, 4) is 5.75 Å². The monoisotopic (exact) mass is 461 g/mol. The predicted octanol–water partition coefficient (Wildman–Crippen LogP) is 5.16. The number of nitrogens with one attached hydrogen (secondary N) is 1. The van der Waals surface area contributed by atoms with Crippen molar-refractivity contribution in [2.45, 2.75) is 32.1 Å². The van der Waals surface area contributed by atoms with Crippen LogP contribution in [0.4, 0.5) is 17.6 Å². The standard InChI is InChI=1S/C19H16BrF4NO3/c1-10(14-4-3-13(20)7-16(14)28-18(21)22)25-17(26)11-2-5-15-12(6-11)8-27-9-19(15,23)24/h2-7,10,18H,8-9H2,1H3,(H,25,26)/t10-/m0/s1. The first-order valence-corrected chi connectivity index (χ1v) is 9.11. The van der Waals surface area contributed by atoms with Gasteiger partial charge >= 0.3 is 6.61 Å². The van der Waals surface area contributed by atoms with Crippen molar-refractivity contribution in [1.82, 2.24) is 5.32 Å². The van der Waals surface area contributed by atoms with Crippen LogP contribution in [0.5, 0.6) is 5.75 Å². The highest BCUT2D eigenvalue weighted by atomic mass is 79.9. The zero-order valence-electron chi connectivity index (χ0n) is 14.6. The minimum atomic E-state index is -3.10. The molecule has 0 saturated heterocycles. The zero-order valence-corrected chi connectivity index (χ0v) is 16.2. The Hall–Kier alpha value is -2.13. The van der Waals surface area contributed by atoms with Gasteiger partial charge in [0.2, 0.25) is 0 Å². The topological polar surface area (TPSA) is 47.6 Å². The van der Waals surface area contributed by atoms with E-state index in [2.05, 4.69) is 26.0 Å². The Bertz CT molecular complexity index is 891. The lowest BCUT2D eigenvalue weighted by Crippen LogP contribution is -2.30. The summed E-state index contributed by atoms with van der Waals surface area (Å²) in [5.41, 5.74) is 0.593. The van der Waals surface area contributed by atoms with Gasteiger partial charge in [-0.3, -0.25) is 4.79 Å². The maximum atomic E-state index is 13.8. The van der Waals surface area contributed by atoms with E-state index >= 15 is 0 Å². The van der Waals surface area contributed by atoms with E-state index in [0.717, 1.165) is 0 Å². The Balaban J connectivity index is 1.80. The fourth-order valence-corrected chi connectivity index (χ4v) is 3.34. The van der Waals surface area contributed by atoms with Crippen LogP contribution in [0.3, 0.4) is 0 Å². The lowest BCUT2D eigenvalue weighted by Gasteiger charge is -2.26. The average Bonchev–Trinajstić information content (AvgIpc) is 2.60. The van der Waals surface area contributed by atoms with Gasteiger partial charge in [0.15, 0.2) is 0 Å². The van der Waals surface area contributed by atoms with Crippen LogP contribution in [-0.4, -0.2) is 19.1 Å². The molecule has 0 aromatic heterocycles. The molecule has 1 aliphatic heterocycles. The molecule has 0 bridgehead atoms. The summed E-state index contributed by atoms with van der Waals surface area (Å²) >= 11 is 3.18. The number of rotatable bonds is 5. The summed E-state index contributed by atoms with van der Waals surface area (Å²) in [6.07, 6.45) is 0. The normalized spacial score (nSPS) is 16.4. The molecule has 0 saturated carbocycles. The Kier molecular flexibility index (Phi) is 5.95. The van der Waals surface area contributed by atoms with Crippen molar-refractivity contribution in [1.29, 1.82) is 0 Å². The molecule has 1 amide bonds. The molecular formula is C19H16BrF4NO3. The van der Waals surface area contributed by atoms with E-state index in [9.17, 15) is 22.4 Å². The molecule has 0 radical (unpaired) electrons. The Labute approximate surface area is 167 Å². The molecule has 2 aromatic rings. The van der Waals surface area contributed by atoms with Gasteiger partial charge in [-0.1, -0.05) is 28.1 Å². The maximum absolute atomic E-state index is 13.8. The van der Waals surface area contributed by atoms with Crippen molar-refractivity contribution in [3.05, 3.63) is 63.1 Å². The first-order chi connectivity index (χ1) is 13.2. The molecule has 3 rings (SSSR count). The molecule has 1 heterocycles. The van der Waals surface area contributed by atoms with E-state index in [-0.39, 0.29) is 29.0 Å². The van der Waals surface area contributed by atoms with Crippen molar-refractivity contribution in [2.75, 3.05) is 6.61 Å². The highest BCUT2D eigenvalue weighted by molar-refractivity contribution is 9.10. The number of carbonyl (C=O) groups excluding carboxylic acids is 1. The minimum Gasteiger partial charge on any atom is -0.434 e. The molecule has 150 valence electrons. The number of fused-ring (bicyclic) bond motifs is 1. The van der Waals surface area contributed by atoms with Gasteiger partial charge in [-0.2, -0.15) is 17.6 Å². The molecule has 0 fully saturated rings. The van der Waals surface area contributed by atoms with E-state index in [4.69, 9.17) is 4.74 Å². The van der Waals surface area contributed by atoms with Crippen LogP contribution in [0.25, 0.3) is 0 Å². The predicted molar refractivity (Wildman–Crippen MR) is 96.6 cm³/mol. The van der Waals surface area contributed by atoms with Gasteiger partial charge in [-0.25, -0.2) is 0 Å². The second-order valence-electron chi connectivity index (χ2n) is 6.32. The summed E-state index contributed by atoms with van der Waals surface area (Å²) in [6, 6.07) is 7.76. The summed E-state index contributed by atoms with van der Waals surface area (Å²) in [7, 11) is 0. The molecular weight excluding hydrogens is 446 g/mol. The van der Waals surface area contributed by atoms with Gasteiger partial charge in [0.05, 0.1) is 12.6 Å². The first-order valence-electron chi connectivity index (χ1n) is 8.31. The zero-order chi connectivity index (χ0) is 20.5. The third-order valence-electron chi connectivity index (χ3n) is 4.31. The lowest BCUT2D eigenvalue weighted by molar-refractivity contribution is -0.103. The van der Waals surface area contributed by atoms with Gasteiger partial charge in [0, 0.05) is 21.2 Å². The summed E-state index contributed by atoms with van der Waals surface area (Å²) in [6.45, 7) is -2.12. The van der Waals surface area contributed by atoms with Crippen LogP contribution in [0, 0.1) is 0 Å². The van der Waals surface area contributed by atoms with Crippen molar-refractivity contribution in [2.24, 2.45) is 0 Å². The van der Waals surface area contributed by atoms with Gasteiger partial charge in [-0.05, 0) is 36.8 Å². The Morgan fingerprint density at radius 1 is 1.25 bits per heavy atom. The number of carbonyl (C=O) groups is 1. The van der Waals surface area contributed by atoms with E-state index in [0.29, 0.717) is 10.0 Å². The number of benzene rings is 2. The van der Waals surface area contributed by atoms with Gasteiger partial charge in [-0.15, -0.1) is 0 Å². The Morgan fingerprint density at radius 3 is 2.71 bits per heavy atom. The first kappa shape index (κ1) is 20.6. The fourth-order valence-electron chi connectivity index (χ4n) is 3.00. The Morgan fingerprint density at radius 2 is 2.00 bits per heavy atom. The van der Waals surface area contributed by atoms with E-state index < -0.39 is 31.1 Å². The number of ether oxygens (including phenoxy) is 2. The quantitative estimate of drug-likeness (QED) is 0.625. The summed E-state index contributed by atoms with van der Waals surface area (Å²) in [5, 5.41) is 2.67. The molecule has 28 heavy (non-hydrogen) atoms. The van der Waals surface area contributed by atoms with Gasteiger partial charge in [0.25, 0.3) is 11.8 Å². The molecule has 1 N–H and O–H groups in total.